The Kier molecular flexibility index (Phi) is 4.15. The van der Waals surface area contributed by atoms with E-state index >= 15 is 0 Å². The predicted octanol–water partition coefficient (Wildman–Crippen LogP) is 1.98. The van der Waals surface area contributed by atoms with E-state index in [9.17, 15) is 0 Å². The minimum atomic E-state index is 0.497. The Bertz CT molecular complexity index is 487. The van der Waals surface area contributed by atoms with Crippen molar-refractivity contribution in [3.05, 3.63) is 35.7 Å². The van der Waals surface area contributed by atoms with Gasteiger partial charge in [-0.3, -0.25) is 0 Å². The normalized spacial score (nSPS) is 11.3. The first-order valence-corrected chi connectivity index (χ1v) is 6.37. The molecule has 5 nitrogen and oxygen atoms in total. The van der Waals surface area contributed by atoms with E-state index in [1.54, 1.807) is 0 Å². The van der Waals surface area contributed by atoms with E-state index in [0.29, 0.717) is 18.5 Å². The molecular formula is C13H20N4O. The third kappa shape index (κ3) is 3.43. The monoisotopic (exact) mass is 248 g/mol. The van der Waals surface area contributed by atoms with Crippen LogP contribution in [0.5, 0.6) is 0 Å². The van der Waals surface area contributed by atoms with Crippen LogP contribution in [0.3, 0.4) is 0 Å². The Morgan fingerprint density at radius 2 is 2.28 bits per heavy atom. The standard InChI is InChI=1S/C13H20N4O/c1-4-12-15-13(18-16-12)9-17-6-5-11(8-17)7-14-10(2)3/h5-6,8,10,14H,4,7,9H2,1-3H3. The number of aryl methyl sites for hydroxylation is 1. The van der Waals surface area contributed by atoms with Gasteiger partial charge in [-0.25, -0.2) is 0 Å². The van der Waals surface area contributed by atoms with Gasteiger partial charge in [-0.2, -0.15) is 4.98 Å². The number of aromatic nitrogens is 3. The van der Waals surface area contributed by atoms with Crippen LogP contribution in [0, 0.1) is 0 Å². The van der Waals surface area contributed by atoms with E-state index in [4.69, 9.17) is 4.52 Å². The lowest BCUT2D eigenvalue weighted by Gasteiger charge is -2.05. The first-order valence-electron chi connectivity index (χ1n) is 6.37. The molecule has 1 N–H and O–H groups in total. The van der Waals surface area contributed by atoms with Crippen LogP contribution in [0.2, 0.25) is 0 Å². The van der Waals surface area contributed by atoms with Crippen molar-refractivity contribution in [1.82, 2.24) is 20.0 Å². The zero-order chi connectivity index (χ0) is 13.0. The van der Waals surface area contributed by atoms with E-state index in [1.165, 1.54) is 5.56 Å². The van der Waals surface area contributed by atoms with Crippen molar-refractivity contribution >= 4 is 0 Å². The summed E-state index contributed by atoms with van der Waals surface area (Å²) in [4.78, 5) is 4.29. The van der Waals surface area contributed by atoms with E-state index in [0.717, 1.165) is 18.8 Å². The lowest BCUT2D eigenvalue weighted by molar-refractivity contribution is 0.366. The van der Waals surface area contributed by atoms with E-state index < -0.39 is 0 Å². The van der Waals surface area contributed by atoms with Gasteiger partial charge in [0.1, 0.15) is 6.54 Å². The van der Waals surface area contributed by atoms with Crippen molar-refractivity contribution in [3.8, 4) is 0 Å². The summed E-state index contributed by atoms with van der Waals surface area (Å²) in [6.45, 7) is 7.81. The van der Waals surface area contributed by atoms with Crippen LogP contribution in [-0.4, -0.2) is 20.7 Å². The van der Waals surface area contributed by atoms with Gasteiger partial charge in [0.2, 0.25) is 5.89 Å². The van der Waals surface area contributed by atoms with Gasteiger partial charge in [-0.15, -0.1) is 0 Å². The number of rotatable bonds is 6. The summed E-state index contributed by atoms with van der Waals surface area (Å²) >= 11 is 0. The Hall–Kier alpha value is -1.62. The zero-order valence-electron chi connectivity index (χ0n) is 11.2. The third-order valence-corrected chi connectivity index (χ3v) is 2.67. The lowest BCUT2D eigenvalue weighted by atomic mass is 10.3. The van der Waals surface area contributed by atoms with Crippen LogP contribution < -0.4 is 5.32 Å². The van der Waals surface area contributed by atoms with Crippen molar-refractivity contribution in [3.63, 3.8) is 0 Å². The van der Waals surface area contributed by atoms with Crippen LogP contribution in [0.4, 0.5) is 0 Å². The fourth-order valence-electron chi connectivity index (χ4n) is 1.67. The molecule has 0 aromatic carbocycles. The van der Waals surface area contributed by atoms with E-state index in [1.807, 2.05) is 13.1 Å². The summed E-state index contributed by atoms with van der Waals surface area (Å²) in [6, 6.07) is 2.60. The molecule has 0 amide bonds. The molecule has 0 aliphatic heterocycles. The van der Waals surface area contributed by atoms with Gasteiger partial charge in [-0.1, -0.05) is 25.9 Å². The number of hydrogen-bond donors (Lipinski definition) is 1. The van der Waals surface area contributed by atoms with Gasteiger partial charge in [0.05, 0.1) is 0 Å². The Morgan fingerprint density at radius 3 is 2.94 bits per heavy atom. The Labute approximate surface area is 107 Å². The molecular weight excluding hydrogens is 228 g/mol. The molecule has 0 radical (unpaired) electrons. The fourth-order valence-corrected chi connectivity index (χ4v) is 1.67. The minimum Gasteiger partial charge on any atom is -0.345 e. The molecule has 0 spiro atoms. The Morgan fingerprint density at radius 1 is 1.44 bits per heavy atom. The molecule has 2 rings (SSSR count). The molecule has 2 aromatic heterocycles. The highest BCUT2D eigenvalue weighted by Gasteiger charge is 2.05. The SMILES string of the molecule is CCc1noc(Cn2ccc(CNC(C)C)c2)n1. The van der Waals surface area contributed by atoms with E-state index in [2.05, 4.69) is 46.1 Å². The average molecular weight is 248 g/mol. The predicted molar refractivity (Wildman–Crippen MR) is 69.2 cm³/mol. The van der Waals surface area contributed by atoms with Crippen LogP contribution in [-0.2, 0) is 19.5 Å². The highest BCUT2D eigenvalue weighted by Crippen LogP contribution is 2.06. The topological polar surface area (TPSA) is 55.9 Å². The first kappa shape index (κ1) is 12.8. The number of nitrogens with zero attached hydrogens (tertiary/aromatic N) is 3. The molecule has 2 aromatic rings. The highest BCUT2D eigenvalue weighted by molar-refractivity contribution is 5.10. The second kappa shape index (κ2) is 5.82. The van der Waals surface area contributed by atoms with Crippen molar-refractivity contribution in [2.24, 2.45) is 0 Å². The zero-order valence-corrected chi connectivity index (χ0v) is 11.2. The third-order valence-electron chi connectivity index (χ3n) is 2.67. The van der Waals surface area contributed by atoms with Gasteiger partial charge in [0.25, 0.3) is 0 Å². The molecule has 0 saturated heterocycles. The molecule has 0 unspecified atom stereocenters. The summed E-state index contributed by atoms with van der Waals surface area (Å²) in [5.41, 5.74) is 1.26. The molecule has 5 heteroatoms. The van der Waals surface area contributed by atoms with Crippen molar-refractivity contribution in [1.29, 1.82) is 0 Å². The summed E-state index contributed by atoms with van der Waals surface area (Å²) < 4.78 is 7.23. The summed E-state index contributed by atoms with van der Waals surface area (Å²) in [6.07, 6.45) is 4.94. The highest BCUT2D eigenvalue weighted by atomic mass is 16.5. The van der Waals surface area contributed by atoms with Crippen LogP contribution in [0.1, 0.15) is 38.0 Å². The average Bonchev–Trinajstić information content (AvgIpc) is 2.96. The maximum atomic E-state index is 5.17. The molecule has 18 heavy (non-hydrogen) atoms. The van der Waals surface area contributed by atoms with E-state index in [-0.39, 0.29) is 0 Å². The molecule has 0 bridgehead atoms. The Balaban J connectivity index is 1.93. The second-order valence-electron chi connectivity index (χ2n) is 4.69. The molecule has 0 aliphatic carbocycles. The van der Waals surface area contributed by atoms with Crippen molar-refractivity contribution in [2.45, 2.75) is 46.3 Å². The van der Waals surface area contributed by atoms with Crippen molar-refractivity contribution < 1.29 is 4.52 Å². The molecule has 0 saturated carbocycles. The lowest BCUT2D eigenvalue weighted by Crippen LogP contribution is -2.21. The molecule has 98 valence electrons. The maximum absolute atomic E-state index is 5.17. The molecule has 0 atom stereocenters. The molecule has 2 heterocycles. The van der Waals surface area contributed by atoms with Crippen LogP contribution in [0.15, 0.2) is 23.0 Å². The molecule has 0 fully saturated rings. The van der Waals surface area contributed by atoms with Gasteiger partial charge in [0.15, 0.2) is 5.82 Å². The van der Waals surface area contributed by atoms with Gasteiger partial charge >= 0.3 is 0 Å². The number of nitrogens with one attached hydrogen (secondary N) is 1. The van der Waals surface area contributed by atoms with Crippen LogP contribution >= 0.6 is 0 Å². The quantitative estimate of drug-likeness (QED) is 0.849. The largest absolute Gasteiger partial charge is 0.345 e. The van der Waals surface area contributed by atoms with Gasteiger partial charge in [0, 0.05) is 31.4 Å². The smallest absolute Gasteiger partial charge is 0.246 e. The summed E-state index contributed by atoms with van der Waals surface area (Å²) in [5.74, 6) is 1.42. The minimum absolute atomic E-state index is 0.497. The first-order chi connectivity index (χ1) is 8.67. The summed E-state index contributed by atoms with van der Waals surface area (Å²) in [7, 11) is 0. The summed E-state index contributed by atoms with van der Waals surface area (Å²) in [5, 5.41) is 7.27. The molecule has 0 aliphatic rings. The van der Waals surface area contributed by atoms with Gasteiger partial charge in [-0.05, 0) is 11.6 Å². The maximum Gasteiger partial charge on any atom is 0.246 e. The second-order valence-corrected chi connectivity index (χ2v) is 4.69. The number of hydrogen-bond acceptors (Lipinski definition) is 4. The van der Waals surface area contributed by atoms with Gasteiger partial charge < -0.3 is 14.4 Å². The fraction of sp³-hybridized carbons (Fsp3) is 0.538. The van der Waals surface area contributed by atoms with Crippen molar-refractivity contribution in [2.75, 3.05) is 0 Å². The van der Waals surface area contributed by atoms with Crippen LogP contribution in [0.25, 0.3) is 0 Å².